The zero-order valence-electron chi connectivity index (χ0n) is 15.8. The molecule has 1 N–H and O–H groups in total. The van der Waals surface area contributed by atoms with Crippen molar-refractivity contribution in [1.82, 2.24) is 14.8 Å². The number of fused-ring (bicyclic) bond motifs is 1. The predicted molar refractivity (Wildman–Crippen MR) is 116 cm³/mol. The molecule has 148 valence electrons. The van der Waals surface area contributed by atoms with Gasteiger partial charge in [0.25, 0.3) is 0 Å². The van der Waals surface area contributed by atoms with Crippen LogP contribution in [0.4, 0.5) is 0 Å². The molecule has 0 radical (unpaired) electrons. The largest absolute Gasteiger partial charge is 0.379 e. The molecule has 0 bridgehead atoms. The summed E-state index contributed by atoms with van der Waals surface area (Å²) in [7, 11) is 0. The van der Waals surface area contributed by atoms with Crippen molar-refractivity contribution in [2.75, 3.05) is 39.4 Å². The first-order valence-corrected chi connectivity index (χ1v) is 10.5. The van der Waals surface area contributed by atoms with Gasteiger partial charge in [0.2, 0.25) is 0 Å². The maximum atomic E-state index is 6.39. The van der Waals surface area contributed by atoms with Crippen LogP contribution in [0, 0.1) is 0 Å². The number of morpholine rings is 1. The number of aromatic nitrogens is 1. The van der Waals surface area contributed by atoms with Crippen molar-refractivity contribution in [1.29, 1.82) is 0 Å². The second kappa shape index (κ2) is 9.29. The van der Waals surface area contributed by atoms with Gasteiger partial charge in [-0.15, -0.1) is 0 Å². The van der Waals surface area contributed by atoms with E-state index in [-0.39, 0.29) is 0 Å². The first-order chi connectivity index (χ1) is 13.7. The number of benzene rings is 2. The molecule has 0 aliphatic carbocycles. The van der Waals surface area contributed by atoms with Crippen LogP contribution in [0.3, 0.4) is 0 Å². The van der Waals surface area contributed by atoms with Crippen LogP contribution in [0.5, 0.6) is 0 Å². The summed E-state index contributed by atoms with van der Waals surface area (Å²) >= 11 is 12.8. The summed E-state index contributed by atoms with van der Waals surface area (Å²) in [6.07, 6.45) is 2.21. The SMILES string of the molecule is Clc1cccc(Cl)c1Cn1cc(CNCCN2CCOCC2)c2ccccc21. The number of ether oxygens (including phenoxy) is 1. The van der Waals surface area contributed by atoms with Crippen molar-refractivity contribution >= 4 is 34.1 Å². The van der Waals surface area contributed by atoms with E-state index in [1.54, 1.807) is 0 Å². The van der Waals surface area contributed by atoms with Crippen LogP contribution in [-0.4, -0.2) is 48.9 Å². The maximum absolute atomic E-state index is 6.39. The molecule has 0 atom stereocenters. The number of nitrogens with zero attached hydrogens (tertiary/aromatic N) is 2. The van der Waals surface area contributed by atoms with Gasteiger partial charge in [-0.3, -0.25) is 4.90 Å². The lowest BCUT2D eigenvalue weighted by Crippen LogP contribution is -2.40. The van der Waals surface area contributed by atoms with Gasteiger partial charge in [0.15, 0.2) is 0 Å². The number of rotatable bonds is 7. The molecule has 28 heavy (non-hydrogen) atoms. The number of hydrogen-bond donors (Lipinski definition) is 1. The Morgan fingerprint density at radius 1 is 0.964 bits per heavy atom. The standard InChI is InChI=1S/C22H25Cl2N3O/c23-20-5-3-6-21(24)19(20)16-27-15-17(18-4-1-2-7-22(18)27)14-25-8-9-26-10-12-28-13-11-26/h1-7,15,25H,8-14,16H2. The second-order valence-electron chi connectivity index (χ2n) is 7.13. The lowest BCUT2D eigenvalue weighted by Gasteiger charge is -2.26. The molecule has 0 saturated carbocycles. The van der Waals surface area contributed by atoms with E-state index in [2.05, 4.69) is 45.2 Å². The Hall–Kier alpha value is -1.56. The summed E-state index contributed by atoms with van der Waals surface area (Å²) < 4.78 is 7.65. The molecule has 2 aromatic carbocycles. The van der Waals surface area contributed by atoms with E-state index in [9.17, 15) is 0 Å². The third-order valence-corrected chi connectivity index (χ3v) is 5.99. The van der Waals surface area contributed by atoms with Gasteiger partial charge < -0.3 is 14.6 Å². The smallest absolute Gasteiger partial charge is 0.0594 e. The monoisotopic (exact) mass is 417 g/mol. The molecule has 1 fully saturated rings. The summed E-state index contributed by atoms with van der Waals surface area (Å²) in [6.45, 7) is 7.27. The molecule has 6 heteroatoms. The summed E-state index contributed by atoms with van der Waals surface area (Å²) in [5, 5.41) is 6.27. The molecule has 4 nitrogen and oxygen atoms in total. The van der Waals surface area contributed by atoms with Crippen LogP contribution in [0.15, 0.2) is 48.7 Å². The number of halogens is 2. The first kappa shape index (κ1) is 19.7. The minimum atomic E-state index is 0.660. The molecule has 1 aliphatic heterocycles. The Morgan fingerprint density at radius 3 is 2.50 bits per heavy atom. The van der Waals surface area contributed by atoms with E-state index < -0.39 is 0 Å². The van der Waals surface area contributed by atoms with E-state index in [1.807, 2.05) is 18.2 Å². The Kier molecular flexibility index (Phi) is 6.55. The zero-order chi connectivity index (χ0) is 19.3. The van der Waals surface area contributed by atoms with Crippen LogP contribution in [-0.2, 0) is 17.8 Å². The molecule has 4 rings (SSSR count). The minimum Gasteiger partial charge on any atom is -0.379 e. The Morgan fingerprint density at radius 2 is 1.71 bits per heavy atom. The number of para-hydroxylation sites is 1. The van der Waals surface area contributed by atoms with Crippen molar-refractivity contribution < 1.29 is 4.74 Å². The van der Waals surface area contributed by atoms with Gasteiger partial charge in [-0.1, -0.05) is 47.5 Å². The van der Waals surface area contributed by atoms with Crippen molar-refractivity contribution in [2.24, 2.45) is 0 Å². The lowest BCUT2D eigenvalue weighted by molar-refractivity contribution is 0.0384. The van der Waals surface area contributed by atoms with Crippen molar-refractivity contribution in [3.05, 3.63) is 69.8 Å². The van der Waals surface area contributed by atoms with E-state index in [1.165, 1.54) is 16.5 Å². The third-order valence-electron chi connectivity index (χ3n) is 5.29. The molecule has 2 heterocycles. The first-order valence-electron chi connectivity index (χ1n) is 9.73. The Balaban J connectivity index is 1.47. The van der Waals surface area contributed by atoms with Crippen LogP contribution in [0.1, 0.15) is 11.1 Å². The second-order valence-corrected chi connectivity index (χ2v) is 7.94. The van der Waals surface area contributed by atoms with Gasteiger partial charge in [0, 0.05) is 65.4 Å². The Labute approximate surface area is 176 Å². The normalized spacial score (nSPS) is 15.4. The highest BCUT2D eigenvalue weighted by molar-refractivity contribution is 6.36. The fourth-order valence-electron chi connectivity index (χ4n) is 3.73. The van der Waals surface area contributed by atoms with Crippen molar-refractivity contribution in [2.45, 2.75) is 13.1 Å². The highest BCUT2D eigenvalue weighted by Crippen LogP contribution is 2.28. The molecular weight excluding hydrogens is 393 g/mol. The zero-order valence-corrected chi connectivity index (χ0v) is 17.3. The highest BCUT2D eigenvalue weighted by Gasteiger charge is 2.13. The third kappa shape index (κ3) is 4.53. The summed E-state index contributed by atoms with van der Waals surface area (Å²) in [5.41, 5.74) is 3.45. The van der Waals surface area contributed by atoms with Gasteiger partial charge in [0.1, 0.15) is 0 Å². The number of nitrogens with one attached hydrogen (secondary N) is 1. The average molecular weight is 418 g/mol. The van der Waals surface area contributed by atoms with Crippen LogP contribution in [0.2, 0.25) is 10.0 Å². The van der Waals surface area contributed by atoms with Gasteiger partial charge >= 0.3 is 0 Å². The summed E-state index contributed by atoms with van der Waals surface area (Å²) in [5.74, 6) is 0. The predicted octanol–water partition coefficient (Wildman–Crippen LogP) is 4.42. The maximum Gasteiger partial charge on any atom is 0.0594 e. The average Bonchev–Trinajstić information content (AvgIpc) is 3.07. The van der Waals surface area contributed by atoms with E-state index in [0.29, 0.717) is 16.6 Å². The quantitative estimate of drug-likeness (QED) is 0.576. The molecule has 1 saturated heterocycles. The van der Waals surface area contributed by atoms with Crippen LogP contribution < -0.4 is 5.32 Å². The molecule has 1 aromatic heterocycles. The highest BCUT2D eigenvalue weighted by atomic mass is 35.5. The fourth-order valence-corrected chi connectivity index (χ4v) is 4.25. The van der Waals surface area contributed by atoms with Gasteiger partial charge in [0.05, 0.1) is 19.8 Å². The van der Waals surface area contributed by atoms with E-state index in [4.69, 9.17) is 27.9 Å². The summed E-state index contributed by atoms with van der Waals surface area (Å²) in [4.78, 5) is 2.44. The van der Waals surface area contributed by atoms with Gasteiger partial charge in [-0.05, 0) is 23.8 Å². The van der Waals surface area contributed by atoms with Gasteiger partial charge in [-0.25, -0.2) is 0 Å². The molecule has 1 aliphatic rings. The van der Waals surface area contributed by atoms with Crippen molar-refractivity contribution in [3.63, 3.8) is 0 Å². The number of hydrogen-bond acceptors (Lipinski definition) is 3. The van der Waals surface area contributed by atoms with E-state index >= 15 is 0 Å². The Bertz CT molecular complexity index is 914. The molecule has 0 unspecified atom stereocenters. The lowest BCUT2D eigenvalue weighted by atomic mass is 10.2. The van der Waals surface area contributed by atoms with Crippen LogP contribution >= 0.6 is 23.2 Å². The topological polar surface area (TPSA) is 29.4 Å². The van der Waals surface area contributed by atoms with Gasteiger partial charge in [-0.2, -0.15) is 0 Å². The molecule has 0 spiro atoms. The van der Waals surface area contributed by atoms with E-state index in [0.717, 1.165) is 51.5 Å². The molecular formula is C22H25Cl2N3O. The van der Waals surface area contributed by atoms with Crippen molar-refractivity contribution in [3.8, 4) is 0 Å². The summed E-state index contributed by atoms with van der Waals surface area (Å²) in [6, 6.07) is 14.2. The molecule has 3 aromatic rings. The minimum absolute atomic E-state index is 0.660. The van der Waals surface area contributed by atoms with Crippen LogP contribution in [0.25, 0.3) is 10.9 Å². The molecule has 0 amide bonds. The fraction of sp³-hybridized carbons (Fsp3) is 0.364.